The van der Waals surface area contributed by atoms with Gasteiger partial charge in [0, 0.05) is 29.8 Å². The van der Waals surface area contributed by atoms with Crippen LogP contribution in [0.2, 0.25) is 0 Å². The number of carbonyl (C=O) groups is 1. The van der Waals surface area contributed by atoms with Crippen molar-refractivity contribution in [2.45, 2.75) is 13.0 Å². The molecule has 3 rings (SSSR count). The van der Waals surface area contributed by atoms with Crippen molar-refractivity contribution in [2.24, 2.45) is 15.9 Å². The molecule has 0 unspecified atom stereocenters. The highest BCUT2D eigenvalue weighted by Crippen LogP contribution is 2.15. The number of carbonyl (C=O) groups excluding carboxylic acids is 1. The maximum Gasteiger partial charge on any atom is 0.288 e. The van der Waals surface area contributed by atoms with Crippen LogP contribution in [0.3, 0.4) is 0 Å². The highest BCUT2D eigenvalue weighted by Gasteiger charge is 2.12. The lowest BCUT2D eigenvalue weighted by Gasteiger charge is -2.08. The van der Waals surface area contributed by atoms with E-state index in [1.165, 1.54) is 18.4 Å². The molecule has 12 heteroatoms. The van der Waals surface area contributed by atoms with Crippen molar-refractivity contribution in [2.75, 3.05) is 11.9 Å². The molecule has 0 saturated carbocycles. The van der Waals surface area contributed by atoms with Gasteiger partial charge in [-0.3, -0.25) is 9.79 Å². The first kappa shape index (κ1) is 22.3. The van der Waals surface area contributed by atoms with Crippen LogP contribution in [-0.4, -0.2) is 33.3 Å². The monoisotopic (exact) mass is 441 g/mol. The minimum atomic E-state index is -0.880. The fourth-order valence-corrected chi connectivity index (χ4v) is 2.52. The molecule has 0 spiro atoms. The zero-order valence-corrected chi connectivity index (χ0v) is 16.5. The van der Waals surface area contributed by atoms with Crippen LogP contribution in [0.25, 0.3) is 5.70 Å². The van der Waals surface area contributed by atoms with Gasteiger partial charge in [-0.15, -0.1) is 4.91 Å². The Hall–Kier alpha value is -4.35. The number of hydrogen-bond donors (Lipinski definition) is 2. The normalized spacial score (nSPS) is 11.9. The first-order valence-electron chi connectivity index (χ1n) is 9.26. The standard InChI is InChI=1S/C20H17F2N7O3/c21-13-4-2-1-3-12(13)10-25-17(16-6-8-32-29-16)9-15(23)20-26-11-14(22)19(27-20)24-7-5-18(30)28-31/h1-4,6,8-9,11H,5,7,10,23H2,(H,24,26,27). The first-order valence-corrected chi connectivity index (χ1v) is 9.26. The largest absolute Gasteiger partial charge is 0.396 e. The second-order valence-electron chi connectivity index (χ2n) is 6.33. The van der Waals surface area contributed by atoms with Gasteiger partial charge in [0.1, 0.15) is 17.8 Å². The second-order valence-corrected chi connectivity index (χ2v) is 6.33. The molecule has 0 fully saturated rings. The summed E-state index contributed by atoms with van der Waals surface area (Å²) < 4.78 is 32.7. The van der Waals surface area contributed by atoms with E-state index in [0.29, 0.717) is 11.3 Å². The van der Waals surface area contributed by atoms with E-state index in [2.05, 4.69) is 30.6 Å². The lowest BCUT2D eigenvalue weighted by Crippen LogP contribution is -2.13. The molecule has 32 heavy (non-hydrogen) atoms. The number of amides is 1. The molecule has 2 heterocycles. The molecule has 1 aromatic carbocycles. The van der Waals surface area contributed by atoms with Gasteiger partial charge in [0.15, 0.2) is 17.5 Å². The second kappa shape index (κ2) is 10.6. The van der Waals surface area contributed by atoms with Gasteiger partial charge in [-0.05, 0) is 12.1 Å². The fourth-order valence-electron chi connectivity index (χ4n) is 2.52. The summed E-state index contributed by atoms with van der Waals surface area (Å²) in [6.45, 7) is -0.0512. The number of aliphatic imine (C=N–C) groups is 1. The molecule has 3 aromatic rings. The number of allylic oxidation sites excluding steroid dienone is 1. The van der Waals surface area contributed by atoms with Crippen molar-refractivity contribution in [1.29, 1.82) is 0 Å². The van der Waals surface area contributed by atoms with Crippen molar-refractivity contribution in [1.82, 2.24) is 15.1 Å². The van der Waals surface area contributed by atoms with Gasteiger partial charge in [-0.25, -0.2) is 18.7 Å². The summed E-state index contributed by atoms with van der Waals surface area (Å²) in [5.41, 5.74) is 7.07. The Bertz CT molecular complexity index is 1160. The molecule has 3 N–H and O–H groups in total. The predicted molar refractivity (Wildman–Crippen MR) is 111 cm³/mol. The minimum absolute atomic E-state index is 0.00846. The molecule has 0 aliphatic heterocycles. The van der Waals surface area contributed by atoms with Crippen LogP contribution in [0.1, 0.15) is 23.5 Å². The quantitative estimate of drug-likeness (QED) is 0.380. The smallest absolute Gasteiger partial charge is 0.288 e. The maximum absolute atomic E-state index is 14.0. The van der Waals surface area contributed by atoms with E-state index in [4.69, 9.17) is 10.3 Å². The van der Waals surface area contributed by atoms with Crippen molar-refractivity contribution in [3.63, 3.8) is 0 Å². The Morgan fingerprint density at radius 3 is 2.75 bits per heavy atom. The number of aromatic nitrogens is 3. The first-order chi connectivity index (χ1) is 15.5. The van der Waals surface area contributed by atoms with E-state index in [9.17, 15) is 18.5 Å². The van der Waals surface area contributed by atoms with Crippen LogP contribution in [0, 0.1) is 16.5 Å². The van der Waals surface area contributed by atoms with Gasteiger partial charge in [-0.1, -0.05) is 23.4 Å². The molecular weight excluding hydrogens is 424 g/mol. The summed E-state index contributed by atoms with van der Waals surface area (Å²) in [4.78, 5) is 33.3. The Balaban J connectivity index is 1.85. The number of rotatable bonds is 9. The number of hydrogen-bond acceptors (Lipinski definition) is 9. The topological polar surface area (TPSA) is 149 Å². The molecule has 0 aliphatic carbocycles. The number of nitrogens with zero attached hydrogens (tertiary/aromatic N) is 5. The zero-order chi connectivity index (χ0) is 22.9. The molecule has 164 valence electrons. The Morgan fingerprint density at radius 1 is 1.22 bits per heavy atom. The molecule has 0 radical (unpaired) electrons. The Morgan fingerprint density at radius 2 is 2.03 bits per heavy atom. The third kappa shape index (κ3) is 5.84. The van der Waals surface area contributed by atoms with Gasteiger partial charge in [0.2, 0.25) is 0 Å². The van der Waals surface area contributed by atoms with E-state index in [-0.39, 0.29) is 42.6 Å². The molecule has 1 amide bonds. The van der Waals surface area contributed by atoms with E-state index >= 15 is 0 Å². The summed E-state index contributed by atoms with van der Waals surface area (Å²) in [6, 6.07) is 7.72. The molecule has 0 saturated heterocycles. The van der Waals surface area contributed by atoms with Crippen molar-refractivity contribution in [3.8, 4) is 0 Å². The molecule has 0 atom stereocenters. The van der Waals surface area contributed by atoms with Crippen LogP contribution >= 0.6 is 0 Å². The number of nitrogens with one attached hydrogen (secondary N) is 1. The minimum Gasteiger partial charge on any atom is -0.396 e. The number of nitroso groups, excluding NO2 is 1. The maximum atomic E-state index is 14.0. The molecule has 0 aliphatic rings. The Labute approximate surface area is 180 Å². The van der Waals surface area contributed by atoms with E-state index in [1.807, 2.05) is 0 Å². The van der Waals surface area contributed by atoms with Crippen LogP contribution in [0.15, 0.2) is 63.6 Å². The fraction of sp³-hybridized carbons (Fsp3) is 0.150. The van der Waals surface area contributed by atoms with Gasteiger partial charge < -0.3 is 15.6 Å². The van der Waals surface area contributed by atoms with Gasteiger partial charge >= 0.3 is 0 Å². The van der Waals surface area contributed by atoms with Crippen molar-refractivity contribution >= 4 is 23.1 Å². The van der Waals surface area contributed by atoms with E-state index in [1.54, 1.807) is 24.3 Å². The number of benzene rings is 1. The summed E-state index contributed by atoms with van der Waals surface area (Å²) >= 11 is 0. The third-order valence-electron chi connectivity index (χ3n) is 4.11. The third-order valence-corrected chi connectivity index (χ3v) is 4.11. The van der Waals surface area contributed by atoms with Crippen LogP contribution in [-0.2, 0) is 11.3 Å². The van der Waals surface area contributed by atoms with Crippen LogP contribution in [0.5, 0.6) is 0 Å². The Kier molecular flexibility index (Phi) is 7.41. The molecule has 10 nitrogen and oxygen atoms in total. The van der Waals surface area contributed by atoms with Crippen LogP contribution < -0.4 is 11.1 Å². The molecule has 0 bridgehead atoms. The predicted octanol–water partition coefficient (Wildman–Crippen LogP) is 2.83. The van der Waals surface area contributed by atoms with E-state index < -0.39 is 17.5 Å². The summed E-state index contributed by atoms with van der Waals surface area (Å²) in [6.07, 6.45) is 3.41. The molecule has 2 aromatic heterocycles. The van der Waals surface area contributed by atoms with Crippen molar-refractivity contribution in [3.05, 3.63) is 82.5 Å². The summed E-state index contributed by atoms with van der Waals surface area (Å²) in [7, 11) is 0. The average Bonchev–Trinajstić information content (AvgIpc) is 3.33. The SMILES string of the molecule is NC(=CC(=NCc1ccccc1F)c1ccon1)c1ncc(F)c(NCCC(=O)N=O)n1. The van der Waals surface area contributed by atoms with E-state index in [0.717, 1.165) is 6.20 Å². The van der Waals surface area contributed by atoms with Crippen molar-refractivity contribution < 1.29 is 18.1 Å². The number of halogens is 2. The lowest BCUT2D eigenvalue weighted by molar-refractivity contribution is -0.117. The summed E-state index contributed by atoms with van der Waals surface area (Å²) in [5, 5.41) is 8.65. The van der Waals surface area contributed by atoms with Crippen LogP contribution in [0.4, 0.5) is 14.6 Å². The number of anilines is 1. The zero-order valence-electron chi connectivity index (χ0n) is 16.5. The highest BCUT2D eigenvalue weighted by atomic mass is 19.1. The molecular formula is C20H17F2N7O3. The highest BCUT2D eigenvalue weighted by molar-refractivity contribution is 6.10. The van der Waals surface area contributed by atoms with Gasteiger partial charge in [-0.2, -0.15) is 0 Å². The van der Waals surface area contributed by atoms with Gasteiger partial charge in [0.05, 0.1) is 24.2 Å². The lowest BCUT2D eigenvalue weighted by atomic mass is 10.2. The average molecular weight is 441 g/mol. The number of nitrogens with two attached hydrogens (primary N) is 1. The van der Waals surface area contributed by atoms with Gasteiger partial charge in [0.25, 0.3) is 5.91 Å². The summed E-state index contributed by atoms with van der Waals surface area (Å²) in [5.74, 6) is -2.31.